The highest BCUT2D eigenvalue weighted by Crippen LogP contribution is 2.40. The van der Waals surface area contributed by atoms with Crippen LogP contribution >= 0.6 is 0 Å². The molecule has 1 fully saturated rings. The number of likely N-dealkylation sites (tertiary alicyclic amines) is 1. The van der Waals surface area contributed by atoms with E-state index in [-0.39, 0.29) is 23.4 Å². The average molecular weight is 375 g/mol. The second-order valence-corrected chi connectivity index (χ2v) is 7.92. The molecule has 3 aromatic rings. The number of nitrogens with zero attached hydrogens (tertiary/aromatic N) is 3. The first kappa shape index (κ1) is 17.0. The Morgan fingerprint density at radius 2 is 1.82 bits per heavy atom. The van der Waals surface area contributed by atoms with Crippen molar-refractivity contribution in [2.24, 2.45) is 5.41 Å². The zero-order valence-corrected chi connectivity index (χ0v) is 15.7. The van der Waals surface area contributed by atoms with Gasteiger partial charge in [0.25, 0.3) is 5.56 Å². The number of carbonyl (C=O) groups excluding carboxylic acids is 1. The van der Waals surface area contributed by atoms with Crippen molar-refractivity contribution in [1.82, 2.24) is 14.7 Å². The van der Waals surface area contributed by atoms with Gasteiger partial charge in [-0.15, -0.1) is 0 Å². The standard InChI is InChI=1S/C22H21N3O3/c1-15-17-7-3-4-8-18(17)21(27)25(23-15)11-20(26)24-12-22(13-24)10-16-6-2-5-9-19(16)28-14-22/h2-9H,10-14H2,1H3. The summed E-state index contributed by atoms with van der Waals surface area (Å²) in [6, 6.07) is 15.4. The summed E-state index contributed by atoms with van der Waals surface area (Å²) in [5.41, 5.74) is 1.71. The van der Waals surface area contributed by atoms with E-state index in [0.29, 0.717) is 25.1 Å². The number of ether oxygens (including phenoxy) is 1. The van der Waals surface area contributed by atoms with Crippen LogP contribution in [0.3, 0.4) is 0 Å². The molecule has 2 aliphatic rings. The van der Waals surface area contributed by atoms with Gasteiger partial charge in [-0.25, -0.2) is 4.68 Å². The molecule has 1 spiro atoms. The molecular formula is C22H21N3O3. The zero-order chi connectivity index (χ0) is 19.3. The van der Waals surface area contributed by atoms with E-state index >= 15 is 0 Å². The van der Waals surface area contributed by atoms with E-state index in [9.17, 15) is 9.59 Å². The highest BCUT2D eigenvalue weighted by atomic mass is 16.5. The number of aryl methyl sites for hydroxylation is 1. The van der Waals surface area contributed by atoms with Crippen molar-refractivity contribution in [3.63, 3.8) is 0 Å². The Morgan fingerprint density at radius 3 is 2.64 bits per heavy atom. The Labute approximate surface area is 162 Å². The first-order valence-electron chi connectivity index (χ1n) is 9.50. The van der Waals surface area contributed by atoms with Gasteiger partial charge in [0.1, 0.15) is 12.3 Å². The fourth-order valence-electron chi connectivity index (χ4n) is 4.36. The molecule has 6 heteroatoms. The summed E-state index contributed by atoms with van der Waals surface area (Å²) in [6.45, 7) is 3.76. The highest BCUT2D eigenvalue weighted by molar-refractivity contribution is 5.84. The molecule has 0 radical (unpaired) electrons. The molecule has 3 heterocycles. The lowest BCUT2D eigenvalue weighted by molar-refractivity contribution is -0.147. The van der Waals surface area contributed by atoms with Crippen molar-refractivity contribution >= 4 is 16.7 Å². The van der Waals surface area contributed by atoms with Crippen molar-refractivity contribution in [2.75, 3.05) is 19.7 Å². The minimum atomic E-state index is -0.222. The SMILES string of the molecule is Cc1nn(CC(=O)N2CC3(COc4ccccc4C3)C2)c(=O)c2ccccc12. The van der Waals surface area contributed by atoms with Crippen molar-refractivity contribution < 1.29 is 9.53 Å². The minimum absolute atomic E-state index is 0.0122. The summed E-state index contributed by atoms with van der Waals surface area (Å²) >= 11 is 0. The molecule has 0 saturated carbocycles. The third kappa shape index (κ3) is 2.68. The maximum Gasteiger partial charge on any atom is 0.275 e. The first-order chi connectivity index (χ1) is 13.5. The molecule has 28 heavy (non-hydrogen) atoms. The normalized spacial score (nSPS) is 17.1. The quantitative estimate of drug-likeness (QED) is 0.689. The lowest BCUT2D eigenvalue weighted by Gasteiger charge is -2.51. The zero-order valence-electron chi connectivity index (χ0n) is 15.7. The fraction of sp³-hybridized carbons (Fsp3) is 0.318. The van der Waals surface area contributed by atoms with Crippen LogP contribution in [0, 0.1) is 12.3 Å². The summed E-state index contributed by atoms with van der Waals surface area (Å²) in [4.78, 5) is 27.2. The van der Waals surface area contributed by atoms with E-state index in [1.54, 1.807) is 11.0 Å². The monoisotopic (exact) mass is 375 g/mol. The van der Waals surface area contributed by atoms with E-state index in [0.717, 1.165) is 23.3 Å². The number of fused-ring (bicyclic) bond motifs is 2. The number of benzene rings is 2. The van der Waals surface area contributed by atoms with Gasteiger partial charge in [-0.05, 0) is 31.0 Å². The minimum Gasteiger partial charge on any atom is -0.493 e. The second kappa shape index (κ2) is 6.19. The maximum absolute atomic E-state index is 12.8. The van der Waals surface area contributed by atoms with Crippen LogP contribution in [0.2, 0.25) is 0 Å². The number of amides is 1. The van der Waals surface area contributed by atoms with E-state index < -0.39 is 0 Å². The predicted molar refractivity (Wildman–Crippen MR) is 105 cm³/mol. The Hall–Kier alpha value is -3.15. The van der Waals surface area contributed by atoms with Gasteiger partial charge in [0.15, 0.2) is 0 Å². The summed E-state index contributed by atoms with van der Waals surface area (Å²) < 4.78 is 7.19. The molecule has 142 valence electrons. The Kier molecular flexibility index (Phi) is 3.75. The van der Waals surface area contributed by atoms with E-state index in [2.05, 4.69) is 11.2 Å². The predicted octanol–water partition coefficient (Wildman–Crippen LogP) is 2.17. The molecule has 1 saturated heterocycles. The van der Waals surface area contributed by atoms with Gasteiger partial charge >= 0.3 is 0 Å². The smallest absolute Gasteiger partial charge is 0.275 e. The molecule has 1 amide bonds. The van der Waals surface area contributed by atoms with E-state index in [1.807, 2.05) is 43.3 Å². The van der Waals surface area contributed by atoms with Gasteiger partial charge in [-0.1, -0.05) is 36.4 Å². The average Bonchev–Trinajstić information content (AvgIpc) is 2.69. The molecule has 2 aliphatic heterocycles. The number of rotatable bonds is 2. The van der Waals surface area contributed by atoms with Gasteiger partial charge in [-0.3, -0.25) is 9.59 Å². The molecule has 1 aromatic heterocycles. The van der Waals surface area contributed by atoms with Crippen molar-refractivity contribution in [3.8, 4) is 5.75 Å². The lowest BCUT2D eigenvalue weighted by atomic mass is 9.74. The third-order valence-electron chi connectivity index (χ3n) is 5.81. The van der Waals surface area contributed by atoms with Crippen LogP contribution in [0.15, 0.2) is 53.3 Å². The van der Waals surface area contributed by atoms with Gasteiger partial charge in [0.05, 0.1) is 17.7 Å². The van der Waals surface area contributed by atoms with Crippen molar-refractivity contribution in [1.29, 1.82) is 0 Å². The van der Waals surface area contributed by atoms with Crippen LogP contribution in [-0.2, 0) is 17.8 Å². The Balaban J connectivity index is 1.31. The molecule has 5 rings (SSSR count). The second-order valence-electron chi connectivity index (χ2n) is 7.92. The molecule has 0 N–H and O–H groups in total. The third-order valence-corrected chi connectivity index (χ3v) is 5.81. The van der Waals surface area contributed by atoms with Crippen LogP contribution in [-0.4, -0.2) is 40.3 Å². The first-order valence-corrected chi connectivity index (χ1v) is 9.50. The molecule has 0 atom stereocenters. The van der Waals surface area contributed by atoms with Gasteiger partial charge < -0.3 is 9.64 Å². The van der Waals surface area contributed by atoms with Crippen LogP contribution < -0.4 is 10.3 Å². The van der Waals surface area contributed by atoms with Crippen LogP contribution in [0.1, 0.15) is 11.3 Å². The van der Waals surface area contributed by atoms with Crippen LogP contribution in [0.25, 0.3) is 10.8 Å². The van der Waals surface area contributed by atoms with Crippen LogP contribution in [0.4, 0.5) is 0 Å². The van der Waals surface area contributed by atoms with Gasteiger partial charge in [-0.2, -0.15) is 5.10 Å². The molecule has 0 aliphatic carbocycles. The van der Waals surface area contributed by atoms with E-state index in [4.69, 9.17) is 4.74 Å². The number of para-hydroxylation sites is 1. The summed E-state index contributed by atoms with van der Waals surface area (Å²) in [7, 11) is 0. The van der Waals surface area contributed by atoms with Crippen LogP contribution in [0.5, 0.6) is 5.75 Å². The summed E-state index contributed by atoms with van der Waals surface area (Å²) in [6.07, 6.45) is 0.917. The topological polar surface area (TPSA) is 64.4 Å². The summed E-state index contributed by atoms with van der Waals surface area (Å²) in [5.74, 6) is 0.869. The molecule has 0 bridgehead atoms. The Bertz CT molecular complexity index is 1150. The number of aromatic nitrogens is 2. The molecular weight excluding hydrogens is 354 g/mol. The summed E-state index contributed by atoms with van der Waals surface area (Å²) in [5, 5.41) is 5.78. The van der Waals surface area contributed by atoms with Gasteiger partial charge in [0, 0.05) is 23.9 Å². The number of hydrogen-bond acceptors (Lipinski definition) is 4. The number of hydrogen-bond donors (Lipinski definition) is 0. The van der Waals surface area contributed by atoms with Gasteiger partial charge in [0.2, 0.25) is 5.91 Å². The molecule has 0 unspecified atom stereocenters. The molecule has 6 nitrogen and oxygen atoms in total. The van der Waals surface area contributed by atoms with E-state index in [1.165, 1.54) is 10.2 Å². The maximum atomic E-state index is 12.8. The van der Waals surface area contributed by atoms with Crippen molar-refractivity contribution in [2.45, 2.75) is 19.9 Å². The number of carbonyl (C=O) groups is 1. The Morgan fingerprint density at radius 1 is 1.11 bits per heavy atom. The largest absolute Gasteiger partial charge is 0.493 e. The molecule has 2 aromatic carbocycles. The highest BCUT2D eigenvalue weighted by Gasteiger charge is 2.48. The van der Waals surface area contributed by atoms with Crippen molar-refractivity contribution in [3.05, 3.63) is 70.1 Å². The lowest BCUT2D eigenvalue weighted by Crippen LogP contribution is -2.63. The fourth-order valence-corrected chi connectivity index (χ4v) is 4.36.